The van der Waals surface area contributed by atoms with E-state index in [0.717, 1.165) is 37.3 Å². The van der Waals surface area contributed by atoms with Crippen molar-refractivity contribution in [3.63, 3.8) is 0 Å². The van der Waals surface area contributed by atoms with E-state index in [1.54, 1.807) is 19.1 Å². The number of cyclic esters (lactones) is 1. The van der Waals surface area contributed by atoms with Crippen LogP contribution in [0.25, 0.3) is 0 Å². The second-order valence-corrected chi connectivity index (χ2v) is 8.00. The number of amides is 1. The maximum Gasteiger partial charge on any atom is 0.339 e. The van der Waals surface area contributed by atoms with Gasteiger partial charge in [0.1, 0.15) is 0 Å². The van der Waals surface area contributed by atoms with Gasteiger partial charge in [0.05, 0.1) is 11.3 Å². The third kappa shape index (κ3) is 3.01. The highest BCUT2D eigenvalue weighted by molar-refractivity contribution is 7.15. The number of nitrogens with zero attached hydrogens (tertiary/aromatic N) is 2. The average Bonchev–Trinajstić information content (AvgIpc) is 3.02. The van der Waals surface area contributed by atoms with Gasteiger partial charge in [-0.05, 0) is 25.1 Å². The molecule has 0 radical (unpaired) electrons. The van der Waals surface area contributed by atoms with Gasteiger partial charge in [0.2, 0.25) is 0 Å². The van der Waals surface area contributed by atoms with E-state index >= 15 is 0 Å². The number of hydrogen-bond acceptors (Lipinski definition) is 6. The fourth-order valence-corrected chi connectivity index (χ4v) is 4.51. The van der Waals surface area contributed by atoms with E-state index in [-0.39, 0.29) is 5.91 Å². The molecule has 2 aromatic rings. The van der Waals surface area contributed by atoms with E-state index in [2.05, 4.69) is 22.1 Å². The van der Waals surface area contributed by atoms with Gasteiger partial charge < -0.3 is 4.74 Å². The van der Waals surface area contributed by atoms with Crippen LogP contribution in [0.2, 0.25) is 0 Å². The summed E-state index contributed by atoms with van der Waals surface area (Å²) in [6.07, 6.45) is 1.25. The van der Waals surface area contributed by atoms with Crippen LogP contribution in [0, 0.1) is 0 Å². The van der Waals surface area contributed by atoms with Crippen molar-refractivity contribution in [2.45, 2.75) is 38.8 Å². The molecule has 3 heterocycles. The molecule has 0 saturated carbocycles. The lowest BCUT2D eigenvalue weighted by atomic mass is 9.89. The molecule has 2 aliphatic rings. The van der Waals surface area contributed by atoms with Crippen LogP contribution in [0.3, 0.4) is 0 Å². The van der Waals surface area contributed by atoms with Crippen molar-refractivity contribution in [2.24, 2.45) is 0 Å². The van der Waals surface area contributed by atoms with E-state index in [1.807, 2.05) is 12.1 Å². The van der Waals surface area contributed by atoms with E-state index in [0.29, 0.717) is 17.1 Å². The summed E-state index contributed by atoms with van der Waals surface area (Å²) in [5.74, 6) is -0.791. The molecule has 0 bridgehead atoms. The molecular weight excluding hydrogens is 350 g/mol. The topological polar surface area (TPSA) is 71.5 Å². The molecule has 136 valence electrons. The molecule has 0 aliphatic carbocycles. The van der Waals surface area contributed by atoms with Crippen LogP contribution >= 0.6 is 11.3 Å². The number of rotatable bonds is 3. The number of likely N-dealkylation sites (N-methyl/N-ethyl adjacent to an activating group) is 1. The van der Waals surface area contributed by atoms with Gasteiger partial charge in [-0.25, -0.2) is 9.78 Å². The zero-order valence-corrected chi connectivity index (χ0v) is 15.7. The fourth-order valence-electron chi connectivity index (χ4n) is 3.46. The molecule has 26 heavy (non-hydrogen) atoms. The molecule has 1 aromatic carbocycles. The number of fused-ring (bicyclic) bond motifs is 2. The minimum absolute atomic E-state index is 0.334. The zero-order chi connectivity index (χ0) is 18.3. The zero-order valence-electron chi connectivity index (χ0n) is 14.9. The first-order valence-electron chi connectivity index (χ1n) is 8.82. The number of carbonyl (C=O) groups is 2. The number of esters is 1. The van der Waals surface area contributed by atoms with Crippen LogP contribution in [0.4, 0.5) is 5.13 Å². The van der Waals surface area contributed by atoms with Gasteiger partial charge in [-0.15, -0.1) is 11.3 Å². The number of nitrogens with one attached hydrogen (secondary N) is 1. The Morgan fingerprint density at radius 3 is 3.04 bits per heavy atom. The van der Waals surface area contributed by atoms with Crippen molar-refractivity contribution < 1.29 is 14.3 Å². The molecule has 0 unspecified atom stereocenters. The predicted octanol–water partition coefficient (Wildman–Crippen LogP) is 2.63. The highest BCUT2D eigenvalue weighted by Crippen LogP contribution is 2.32. The Morgan fingerprint density at radius 1 is 1.42 bits per heavy atom. The molecule has 4 rings (SSSR count). The minimum atomic E-state index is -1.23. The summed E-state index contributed by atoms with van der Waals surface area (Å²) in [5, 5.41) is 3.44. The Kier molecular flexibility index (Phi) is 4.28. The molecule has 1 amide bonds. The maximum atomic E-state index is 12.8. The van der Waals surface area contributed by atoms with Gasteiger partial charge in [-0.3, -0.25) is 15.0 Å². The number of hydrogen-bond donors (Lipinski definition) is 1. The molecule has 1 N–H and O–H groups in total. The van der Waals surface area contributed by atoms with Crippen LogP contribution in [-0.4, -0.2) is 40.5 Å². The van der Waals surface area contributed by atoms with E-state index < -0.39 is 11.6 Å². The third-order valence-electron chi connectivity index (χ3n) is 5.04. The normalized spacial score (nSPS) is 22.3. The summed E-state index contributed by atoms with van der Waals surface area (Å²) in [4.78, 5) is 33.2. The smallest absolute Gasteiger partial charge is 0.339 e. The largest absolute Gasteiger partial charge is 0.445 e. The molecular formula is C19H21N3O3S. The number of benzene rings is 1. The van der Waals surface area contributed by atoms with Gasteiger partial charge in [-0.1, -0.05) is 25.1 Å². The highest BCUT2D eigenvalue weighted by atomic mass is 32.1. The Balaban J connectivity index is 1.52. The summed E-state index contributed by atoms with van der Waals surface area (Å²) in [5.41, 5.74) is 1.19. The second-order valence-electron chi connectivity index (χ2n) is 6.92. The average molecular weight is 371 g/mol. The third-order valence-corrected chi connectivity index (χ3v) is 6.04. The lowest BCUT2D eigenvalue weighted by molar-refractivity contribution is -0.134. The number of thiazole rings is 1. The Bertz CT molecular complexity index is 879. The molecule has 0 fully saturated rings. The van der Waals surface area contributed by atoms with E-state index in [4.69, 9.17) is 4.74 Å². The van der Waals surface area contributed by atoms with Crippen LogP contribution in [0.15, 0.2) is 24.3 Å². The van der Waals surface area contributed by atoms with Crippen molar-refractivity contribution in [1.82, 2.24) is 9.88 Å². The Labute approximate surface area is 156 Å². The summed E-state index contributed by atoms with van der Waals surface area (Å²) in [6.45, 7) is 6.67. The van der Waals surface area contributed by atoms with Crippen LogP contribution in [0.1, 0.15) is 40.3 Å². The molecule has 0 spiro atoms. The monoisotopic (exact) mass is 371 g/mol. The van der Waals surface area contributed by atoms with E-state index in [1.165, 1.54) is 16.2 Å². The lowest BCUT2D eigenvalue weighted by Gasteiger charge is -2.32. The number of aromatic nitrogens is 1. The van der Waals surface area contributed by atoms with Crippen molar-refractivity contribution in [3.05, 3.63) is 46.0 Å². The highest BCUT2D eigenvalue weighted by Gasteiger charge is 2.43. The number of carbonyl (C=O) groups excluding carboxylic acids is 2. The van der Waals surface area contributed by atoms with Gasteiger partial charge in [0.25, 0.3) is 5.91 Å². The number of ether oxygens (including phenoxy) is 1. The second kappa shape index (κ2) is 6.48. The maximum absolute atomic E-state index is 12.8. The van der Waals surface area contributed by atoms with Gasteiger partial charge >= 0.3 is 5.97 Å². The predicted molar refractivity (Wildman–Crippen MR) is 99.4 cm³/mol. The van der Waals surface area contributed by atoms with Gasteiger partial charge in [0.15, 0.2) is 10.7 Å². The molecule has 6 nitrogen and oxygen atoms in total. The molecule has 0 saturated heterocycles. The van der Waals surface area contributed by atoms with Gasteiger partial charge in [0, 0.05) is 30.8 Å². The standard InChI is InChI=1S/C19H21N3O3S/c1-3-22-9-8-14-15(11-22)26-18(20-14)21-17(24)19(2)10-12-6-4-5-7-13(12)16(23)25-19/h4-7H,3,8-11H2,1-2H3,(H,20,21,24)/t19-/m1/s1. The summed E-state index contributed by atoms with van der Waals surface area (Å²) in [7, 11) is 0. The first kappa shape index (κ1) is 17.2. The first-order chi connectivity index (χ1) is 12.5. The van der Waals surface area contributed by atoms with Gasteiger partial charge in [-0.2, -0.15) is 0 Å². The van der Waals surface area contributed by atoms with Crippen molar-refractivity contribution >= 4 is 28.3 Å². The van der Waals surface area contributed by atoms with Crippen molar-refractivity contribution in [2.75, 3.05) is 18.4 Å². The first-order valence-corrected chi connectivity index (χ1v) is 9.64. The minimum Gasteiger partial charge on any atom is -0.445 e. The summed E-state index contributed by atoms with van der Waals surface area (Å²) >= 11 is 1.51. The summed E-state index contributed by atoms with van der Waals surface area (Å²) < 4.78 is 5.49. The number of anilines is 1. The fraction of sp³-hybridized carbons (Fsp3) is 0.421. The van der Waals surface area contributed by atoms with Crippen LogP contribution in [-0.2, 0) is 28.9 Å². The summed E-state index contributed by atoms with van der Waals surface area (Å²) in [6, 6.07) is 7.25. The molecule has 1 aromatic heterocycles. The molecule has 7 heteroatoms. The molecule has 1 atom stereocenters. The SMILES string of the molecule is CCN1CCc2nc(NC(=O)[C@@]3(C)Cc4ccccc4C(=O)O3)sc2C1. The van der Waals surface area contributed by atoms with E-state index in [9.17, 15) is 9.59 Å². The van der Waals surface area contributed by atoms with Crippen molar-refractivity contribution in [3.8, 4) is 0 Å². The Morgan fingerprint density at radius 2 is 2.23 bits per heavy atom. The molecule has 2 aliphatic heterocycles. The van der Waals surface area contributed by atoms with Crippen LogP contribution in [0.5, 0.6) is 0 Å². The van der Waals surface area contributed by atoms with Crippen LogP contribution < -0.4 is 5.32 Å². The van der Waals surface area contributed by atoms with Crippen molar-refractivity contribution in [1.29, 1.82) is 0 Å². The quantitative estimate of drug-likeness (QED) is 0.840. The Hall–Kier alpha value is -2.25. The lowest BCUT2D eigenvalue weighted by Crippen LogP contribution is -2.48.